The molecule has 1 aromatic carbocycles. The Bertz CT molecular complexity index is 430. The topological polar surface area (TPSA) is 52.9 Å². The van der Waals surface area contributed by atoms with Crippen LogP contribution in [0.4, 0.5) is 5.69 Å². The third kappa shape index (κ3) is 2.83. The Kier molecular flexibility index (Phi) is 4.07. The van der Waals surface area contributed by atoms with E-state index in [0.29, 0.717) is 5.92 Å². The van der Waals surface area contributed by atoms with Crippen LogP contribution in [0.3, 0.4) is 0 Å². The second-order valence-corrected chi connectivity index (χ2v) is 4.08. The van der Waals surface area contributed by atoms with E-state index in [1.165, 1.54) is 0 Å². The van der Waals surface area contributed by atoms with Gasteiger partial charge >= 0.3 is 0 Å². The standard InChI is InChI=1S/C13H16N2O/c1-9(2)11-6-4-5-10(3)13(11)15-12(16)7-8-14/h4-6,9H,7H2,1-3H3,(H,15,16). The predicted molar refractivity (Wildman–Crippen MR) is 64.1 cm³/mol. The van der Waals surface area contributed by atoms with Gasteiger partial charge in [0.05, 0.1) is 6.07 Å². The average molecular weight is 216 g/mol. The van der Waals surface area contributed by atoms with Gasteiger partial charge in [-0.1, -0.05) is 32.0 Å². The summed E-state index contributed by atoms with van der Waals surface area (Å²) in [7, 11) is 0. The molecule has 0 saturated heterocycles. The Morgan fingerprint density at radius 3 is 2.75 bits per heavy atom. The van der Waals surface area contributed by atoms with Crippen LogP contribution in [-0.2, 0) is 4.79 Å². The van der Waals surface area contributed by atoms with Gasteiger partial charge in [0.2, 0.25) is 5.91 Å². The second kappa shape index (κ2) is 5.32. The molecule has 0 unspecified atom stereocenters. The van der Waals surface area contributed by atoms with Crippen LogP contribution < -0.4 is 5.32 Å². The summed E-state index contributed by atoms with van der Waals surface area (Å²) in [5, 5.41) is 11.3. The fourth-order valence-corrected chi connectivity index (χ4v) is 1.60. The zero-order valence-electron chi connectivity index (χ0n) is 9.87. The van der Waals surface area contributed by atoms with Crippen molar-refractivity contribution in [3.05, 3.63) is 29.3 Å². The number of hydrogen-bond donors (Lipinski definition) is 1. The summed E-state index contributed by atoms with van der Waals surface area (Å²) in [5.74, 6) is 0.0935. The highest BCUT2D eigenvalue weighted by molar-refractivity contribution is 5.93. The first-order chi connectivity index (χ1) is 7.56. The number of anilines is 1. The number of amides is 1. The monoisotopic (exact) mass is 216 g/mol. The molecule has 1 amide bonds. The minimum Gasteiger partial charge on any atom is -0.325 e. The molecule has 0 aromatic heterocycles. The summed E-state index contributed by atoms with van der Waals surface area (Å²) in [6.45, 7) is 6.11. The van der Waals surface area contributed by atoms with Crippen LogP contribution in [0.1, 0.15) is 37.3 Å². The summed E-state index contributed by atoms with van der Waals surface area (Å²) in [4.78, 5) is 11.4. The van der Waals surface area contributed by atoms with Gasteiger partial charge in [-0.25, -0.2) is 0 Å². The summed E-state index contributed by atoms with van der Waals surface area (Å²) in [5.41, 5.74) is 2.97. The highest BCUT2D eigenvalue weighted by Gasteiger charge is 2.11. The first-order valence-electron chi connectivity index (χ1n) is 5.32. The fourth-order valence-electron chi connectivity index (χ4n) is 1.60. The zero-order chi connectivity index (χ0) is 12.1. The maximum atomic E-state index is 11.4. The third-order valence-electron chi connectivity index (χ3n) is 2.43. The molecule has 0 atom stereocenters. The van der Waals surface area contributed by atoms with Crippen molar-refractivity contribution in [1.29, 1.82) is 5.26 Å². The van der Waals surface area contributed by atoms with Crippen LogP contribution in [0.2, 0.25) is 0 Å². The molecule has 1 aromatic rings. The fraction of sp³-hybridized carbons (Fsp3) is 0.385. The summed E-state index contributed by atoms with van der Waals surface area (Å²) in [6, 6.07) is 7.77. The minimum atomic E-state index is -0.251. The molecule has 0 aliphatic rings. The number of hydrogen-bond acceptors (Lipinski definition) is 2. The quantitative estimate of drug-likeness (QED) is 0.844. The van der Waals surface area contributed by atoms with Gasteiger partial charge in [0.25, 0.3) is 0 Å². The highest BCUT2D eigenvalue weighted by atomic mass is 16.1. The van der Waals surface area contributed by atoms with Crippen molar-refractivity contribution in [2.45, 2.75) is 33.1 Å². The number of carbonyl (C=O) groups is 1. The molecular formula is C13H16N2O. The van der Waals surface area contributed by atoms with E-state index in [0.717, 1.165) is 16.8 Å². The third-order valence-corrected chi connectivity index (χ3v) is 2.43. The SMILES string of the molecule is Cc1cccc(C(C)C)c1NC(=O)CC#N. The van der Waals surface area contributed by atoms with E-state index >= 15 is 0 Å². The van der Waals surface area contributed by atoms with Crippen molar-refractivity contribution >= 4 is 11.6 Å². The number of nitriles is 1. The van der Waals surface area contributed by atoms with Crippen molar-refractivity contribution in [2.75, 3.05) is 5.32 Å². The summed E-state index contributed by atoms with van der Waals surface area (Å²) in [6.07, 6.45) is -0.105. The van der Waals surface area contributed by atoms with Gasteiger partial charge in [-0.15, -0.1) is 0 Å². The molecule has 3 nitrogen and oxygen atoms in total. The largest absolute Gasteiger partial charge is 0.325 e. The molecule has 1 N–H and O–H groups in total. The average Bonchev–Trinajstić information content (AvgIpc) is 2.21. The van der Waals surface area contributed by atoms with Gasteiger partial charge < -0.3 is 5.32 Å². The van der Waals surface area contributed by atoms with E-state index in [1.54, 1.807) is 0 Å². The van der Waals surface area contributed by atoms with Crippen molar-refractivity contribution in [1.82, 2.24) is 0 Å². The van der Waals surface area contributed by atoms with Crippen LogP contribution in [0.5, 0.6) is 0 Å². The number of nitrogens with zero attached hydrogens (tertiary/aromatic N) is 1. The highest BCUT2D eigenvalue weighted by Crippen LogP contribution is 2.27. The molecule has 0 saturated carbocycles. The number of nitrogens with one attached hydrogen (secondary N) is 1. The van der Waals surface area contributed by atoms with Gasteiger partial charge in [0.1, 0.15) is 6.42 Å². The van der Waals surface area contributed by atoms with Gasteiger partial charge in [0.15, 0.2) is 0 Å². The molecule has 0 bridgehead atoms. The van der Waals surface area contributed by atoms with Gasteiger partial charge in [0, 0.05) is 5.69 Å². The van der Waals surface area contributed by atoms with Gasteiger partial charge in [-0.3, -0.25) is 4.79 Å². The minimum absolute atomic E-state index is 0.105. The first kappa shape index (κ1) is 12.3. The van der Waals surface area contributed by atoms with Crippen LogP contribution in [-0.4, -0.2) is 5.91 Å². The van der Waals surface area contributed by atoms with E-state index < -0.39 is 0 Å². The first-order valence-corrected chi connectivity index (χ1v) is 5.32. The normalized spacial score (nSPS) is 9.94. The number of benzene rings is 1. The number of rotatable bonds is 3. The maximum Gasteiger partial charge on any atom is 0.238 e. The van der Waals surface area contributed by atoms with E-state index in [-0.39, 0.29) is 12.3 Å². The van der Waals surface area contributed by atoms with Crippen molar-refractivity contribution in [3.63, 3.8) is 0 Å². The molecular weight excluding hydrogens is 200 g/mol. The molecule has 3 heteroatoms. The Balaban J connectivity index is 3.02. The number of aryl methyl sites for hydroxylation is 1. The van der Waals surface area contributed by atoms with Gasteiger partial charge in [-0.2, -0.15) is 5.26 Å². The molecule has 84 valence electrons. The molecule has 0 heterocycles. The lowest BCUT2D eigenvalue weighted by atomic mass is 9.98. The lowest BCUT2D eigenvalue weighted by Gasteiger charge is -2.15. The molecule has 0 aliphatic heterocycles. The molecule has 0 fully saturated rings. The van der Waals surface area contributed by atoms with Crippen LogP contribution >= 0.6 is 0 Å². The molecule has 0 aliphatic carbocycles. The van der Waals surface area contributed by atoms with Crippen LogP contribution in [0.15, 0.2) is 18.2 Å². The lowest BCUT2D eigenvalue weighted by molar-refractivity contribution is -0.115. The van der Waals surface area contributed by atoms with E-state index in [1.807, 2.05) is 31.2 Å². The molecule has 1 rings (SSSR count). The Hall–Kier alpha value is -1.82. The van der Waals surface area contributed by atoms with E-state index in [4.69, 9.17) is 5.26 Å². The summed E-state index contributed by atoms with van der Waals surface area (Å²) >= 11 is 0. The van der Waals surface area contributed by atoms with E-state index in [9.17, 15) is 4.79 Å². The number of para-hydroxylation sites is 1. The van der Waals surface area contributed by atoms with Crippen LogP contribution in [0, 0.1) is 18.3 Å². The summed E-state index contributed by atoms with van der Waals surface area (Å²) < 4.78 is 0. The van der Waals surface area contributed by atoms with Gasteiger partial charge in [-0.05, 0) is 24.0 Å². The van der Waals surface area contributed by atoms with Crippen LogP contribution in [0.25, 0.3) is 0 Å². The van der Waals surface area contributed by atoms with Crippen molar-refractivity contribution in [2.24, 2.45) is 0 Å². The molecule has 0 radical (unpaired) electrons. The molecule has 0 spiro atoms. The number of carbonyl (C=O) groups excluding carboxylic acids is 1. The van der Waals surface area contributed by atoms with Crippen molar-refractivity contribution < 1.29 is 4.79 Å². The lowest BCUT2D eigenvalue weighted by Crippen LogP contribution is -2.13. The Morgan fingerprint density at radius 2 is 2.19 bits per heavy atom. The molecule has 16 heavy (non-hydrogen) atoms. The zero-order valence-corrected chi connectivity index (χ0v) is 9.87. The predicted octanol–water partition coefficient (Wildman–Crippen LogP) is 2.97. The Morgan fingerprint density at radius 1 is 1.50 bits per heavy atom. The van der Waals surface area contributed by atoms with E-state index in [2.05, 4.69) is 19.2 Å². The smallest absolute Gasteiger partial charge is 0.238 e. The second-order valence-electron chi connectivity index (χ2n) is 4.08. The van der Waals surface area contributed by atoms with Crippen molar-refractivity contribution in [3.8, 4) is 6.07 Å². The Labute approximate surface area is 96.1 Å². The maximum absolute atomic E-state index is 11.4.